The van der Waals surface area contributed by atoms with Crippen LogP contribution in [0.5, 0.6) is 11.5 Å². The van der Waals surface area contributed by atoms with Gasteiger partial charge in [-0.1, -0.05) is 23.7 Å². The fourth-order valence-corrected chi connectivity index (χ4v) is 4.59. The highest BCUT2D eigenvalue weighted by Crippen LogP contribution is 2.39. The molecule has 1 N–H and O–H groups in total. The molecule has 1 aliphatic rings. The Morgan fingerprint density at radius 3 is 2.50 bits per heavy atom. The second-order valence-corrected chi connectivity index (χ2v) is 9.25. The molecular weight excluding hydrogens is 538 g/mol. The largest absolute Gasteiger partial charge is 0.493 e. The van der Waals surface area contributed by atoms with Crippen LogP contribution in [-0.4, -0.2) is 47.3 Å². The molecule has 2 aromatic carbocycles. The summed E-state index contributed by atoms with van der Waals surface area (Å²) < 4.78 is 21.2. The molecule has 2 amide bonds. The number of rotatable bonds is 9. The molecule has 1 aromatic heterocycles. The Bertz CT molecular complexity index is 1450. The molecule has 0 atom stereocenters. The lowest BCUT2D eigenvalue weighted by Gasteiger charge is -2.14. The Labute approximate surface area is 225 Å². The van der Waals surface area contributed by atoms with Crippen molar-refractivity contribution < 1.29 is 42.9 Å². The normalized spacial score (nSPS) is 14.2. The molecule has 38 heavy (non-hydrogen) atoms. The number of halogens is 1. The Morgan fingerprint density at radius 2 is 1.84 bits per heavy atom. The first-order valence-electron chi connectivity index (χ1n) is 10.9. The highest BCUT2D eigenvalue weighted by atomic mass is 35.5. The van der Waals surface area contributed by atoms with Gasteiger partial charge in [-0.3, -0.25) is 14.5 Å². The number of carbonyl (C=O) groups is 4. The van der Waals surface area contributed by atoms with Crippen LogP contribution in [0.2, 0.25) is 5.02 Å². The monoisotopic (exact) mass is 557 g/mol. The van der Waals surface area contributed by atoms with Crippen molar-refractivity contribution in [1.29, 1.82) is 0 Å². The highest BCUT2D eigenvalue weighted by molar-refractivity contribution is 8.18. The van der Waals surface area contributed by atoms with E-state index in [1.807, 2.05) is 0 Å². The van der Waals surface area contributed by atoms with Crippen LogP contribution in [0.1, 0.15) is 37.8 Å². The van der Waals surface area contributed by atoms with E-state index < -0.39 is 23.1 Å². The Morgan fingerprint density at radius 1 is 1.11 bits per heavy atom. The molecule has 3 aromatic rings. The maximum atomic E-state index is 12.9. The van der Waals surface area contributed by atoms with Crippen LogP contribution in [0.25, 0.3) is 6.08 Å². The third-order valence-corrected chi connectivity index (χ3v) is 6.56. The lowest BCUT2D eigenvalue weighted by Crippen LogP contribution is -2.27. The molecule has 0 aliphatic carbocycles. The summed E-state index contributed by atoms with van der Waals surface area (Å²) in [6.45, 7) is -0.0397. The Balaban J connectivity index is 1.49. The van der Waals surface area contributed by atoms with Gasteiger partial charge in [-0.2, -0.15) is 0 Å². The fraction of sp³-hybridized carbons (Fsp3) is 0.154. The van der Waals surface area contributed by atoms with Crippen LogP contribution in [0, 0.1) is 0 Å². The summed E-state index contributed by atoms with van der Waals surface area (Å²) in [5.74, 6) is -1.44. The zero-order valence-corrected chi connectivity index (χ0v) is 21.6. The zero-order chi connectivity index (χ0) is 27.4. The number of methoxy groups -OCH3 is 2. The van der Waals surface area contributed by atoms with Crippen molar-refractivity contribution in [2.24, 2.45) is 0 Å². The number of hydrogen-bond donors (Lipinski definition) is 1. The minimum atomic E-state index is -1.02. The van der Waals surface area contributed by atoms with Gasteiger partial charge in [-0.05, 0) is 65.4 Å². The molecule has 0 unspecified atom stereocenters. The van der Waals surface area contributed by atoms with Crippen molar-refractivity contribution in [1.82, 2.24) is 4.90 Å². The highest BCUT2D eigenvalue weighted by Gasteiger charge is 2.36. The number of carboxylic acid groups (broad SMARTS) is 1. The van der Waals surface area contributed by atoms with Crippen LogP contribution >= 0.6 is 23.4 Å². The van der Waals surface area contributed by atoms with Crippen LogP contribution < -0.4 is 9.47 Å². The van der Waals surface area contributed by atoms with Gasteiger partial charge in [-0.15, -0.1) is 0 Å². The van der Waals surface area contributed by atoms with Crippen molar-refractivity contribution in [2.75, 3.05) is 14.2 Å². The molecule has 1 fully saturated rings. The zero-order valence-electron chi connectivity index (χ0n) is 20.1. The topological polar surface area (TPSA) is 133 Å². The molecular formula is C26H20ClNO9S. The first-order chi connectivity index (χ1) is 18.2. The van der Waals surface area contributed by atoms with Crippen molar-refractivity contribution in [3.05, 3.63) is 86.7 Å². The van der Waals surface area contributed by atoms with Gasteiger partial charge < -0.3 is 23.7 Å². The fourth-order valence-electron chi connectivity index (χ4n) is 3.48. The summed E-state index contributed by atoms with van der Waals surface area (Å²) in [6, 6.07) is 12.3. The number of amides is 2. The summed E-state index contributed by atoms with van der Waals surface area (Å²) in [5.41, 5.74) is 1.39. The molecule has 196 valence electrons. The number of furan rings is 1. The quantitative estimate of drug-likeness (QED) is 0.275. The number of esters is 1. The van der Waals surface area contributed by atoms with Gasteiger partial charge in [0.05, 0.1) is 36.3 Å². The second kappa shape index (κ2) is 11.4. The molecule has 12 heteroatoms. The van der Waals surface area contributed by atoms with E-state index in [0.717, 1.165) is 22.2 Å². The first kappa shape index (κ1) is 26.8. The predicted molar refractivity (Wildman–Crippen MR) is 137 cm³/mol. The van der Waals surface area contributed by atoms with Gasteiger partial charge in [0.15, 0.2) is 11.5 Å². The smallest absolute Gasteiger partial charge is 0.373 e. The average Bonchev–Trinajstić information content (AvgIpc) is 3.48. The molecule has 0 radical (unpaired) electrons. The molecule has 4 rings (SSSR count). The van der Waals surface area contributed by atoms with E-state index in [-0.39, 0.29) is 45.9 Å². The van der Waals surface area contributed by atoms with E-state index in [0.29, 0.717) is 11.3 Å². The standard InChI is InChI=1S/C26H20ClNO9S/c1-34-20-10-15(9-18(27)22(20)36-13-14-3-5-16(6-4-14)24(30)31)11-21-23(29)28(26(33)38-21)12-17-7-8-19(37-17)25(32)35-2/h3-11H,12-13H2,1-2H3,(H,30,31)/b21-11+. The number of carbonyl (C=O) groups excluding carboxylic acids is 3. The number of thioether (sulfide) groups is 1. The van der Waals surface area contributed by atoms with Crippen molar-refractivity contribution in [3.63, 3.8) is 0 Å². The minimum Gasteiger partial charge on any atom is -0.493 e. The van der Waals surface area contributed by atoms with Gasteiger partial charge in [0, 0.05) is 0 Å². The number of benzene rings is 2. The van der Waals surface area contributed by atoms with E-state index >= 15 is 0 Å². The predicted octanol–water partition coefficient (Wildman–Crippen LogP) is 5.24. The van der Waals surface area contributed by atoms with Gasteiger partial charge in [0.25, 0.3) is 11.1 Å². The first-order valence-corrected chi connectivity index (χ1v) is 12.1. The van der Waals surface area contributed by atoms with E-state index in [1.165, 1.54) is 44.6 Å². The number of imide groups is 1. The lowest BCUT2D eigenvalue weighted by molar-refractivity contribution is -0.123. The van der Waals surface area contributed by atoms with Crippen molar-refractivity contribution >= 4 is 52.5 Å². The van der Waals surface area contributed by atoms with Crippen LogP contribution in [0.15, 0.2) is 57.9 Å². The van der Waals surface area contributed by atoms with E-state index in [9.17, 15) is 19.2 Å². The lowest BCUT2D eigenvalue weighted by atomic mass is 10.1. The maximum Gasteiger partial charge on any atom is 0.373 e. The van der Waals surface area contributed by atoms with Crippen LogP contribution in [0.3, 0.4) is 0 Å². The van der Waals surface area contributed by atoms with Gasteiger partial charge in [-0.25, -0.2) is 9.59 Å². The second-order valence-electron chi connectivity index (χ2n) is 7.85. The number of aromatic carboxylic acids is 1. The number of hydrogen-bond acceptors (Lipinski definition) is 9. The van der Waals surface area contributed by atoms with Gasteiger partial charge in [0.1, 0.15) is 12.4 Å². The van der Waals surface area contributed by atoms with Gasteiger partial charge in [0.2, 0.25) is 5.76 Å². The minimum absolute atomic E-state index is 0.0358. The maximum absolute atomic E-state index is 12.9. The van der Waals surface area contributed by atoms with Crippen molar-refractivity contribution in [2.45, 2.75) is 13.2 Å². The van der Waals surface area contributed by atoms with E-state index in [4.69, 9.17) is 30.6 Å². The van der Waals surface area contributed by atoms with Gasteiger partial charge >= 0.3 is 11.9 Å². The third-order valence-electron chi connectivity index (χ3n) is 5.37. The third kappa shape index (κ3) is 5.84. The molecule has 0 bridgehead atoms. The SMILES string of the molecule is COC(=O)c1ccc(CN2C(=O)S/C(=C/c3cc(Cl)c(OCc4ccc(C(=O)O)cc4)c(OC)c3)C2=O)o1. The summed E-state index contributed by atoms with van der Waals surface area (Å²) in [4.78, 5) is 49.2. The number of carboxylic acids is 1. The molecule has 0 saturated carbocycles. The number of ether oxygens (including phenoxy) is 3. The van der Waals surface area contributed by atoms with E-state index in [2.05, 4.69) is 4.74 Å². The molecule has 2 heterocycles. The van der Waals surface area contributed by atoms with Crippen molar-refractivity contribution in [3.8, 4) is 11.5 Å². The summed E-state index contributed by atoms with van der Waals surface area (Å²) >= 11 is 7.20. The summed E-state index contributed by atoms with van der Waals surface area (Å²) in [6.07, 6.45) is 1.51. The summed E-state index contributed by atoms with van der Waals surface area (Å²) in [5, 5.41) is 8.74. The molecule has 0 spiro atoms. The molecule has 10 nitrogen and oxygen atoms in total. The Hall–Kier alpha value is -4.22. The summed E-state index contributed by atoms with van der Waals surface area (Å²) in [7, 11) is 2.65. The van der Waals surface area contributed by atoms with E-state index in [1.54, 1.807) is 24.3 Å². The number of nitrogens with zero attached hydrogens (tertiary/aromatic N) is 1. The van der Waals surface area contributed by atoms with Crippen LogP contribution in [-0.2, 0) is 22.7 Å². The average molecular weight is 558 g/mol. The Kier molecular flexibility index (Phi) is 8.08. The molecule has 1 aliphatic heterocycles. The molecule has 1 saturated heterocycles. The van der Waals surface area contributed by atoms with Crippen LogP contribution in [0.4, 0.5) is 4.79 Å².